The largest absolute Gasteiger partial charge is 0.471 e. The summed E-state index contributed by atoms with van der Waals surface area (Å²) in [4.78, 5) is 17.3. The van der Waals surface area contributed by atoms with Crippen molar-refractivity contribution in [2.24, 2.45) is 0 Å². The van der Waals surface area contributed by atoms with Crippen LogP contribution in [0.15, 0.2) is 6.07 Å². The molecule has 1 aromatic rings. The summed E-state index contributed by atoms with van der Waals surface area (Å²) < 4.78 is 5.78. The number of piperazine rings is 1. The number of hydrogen-bond donors (Lipinski definition) is 1. The fraction of sp³-hybridized carbons (Fsp3) is 0.615. The maximum absolute atomic E-state index is 11.3. The lowest BCUT2D eigenvalue weighted by Gasteiger charge is -2.28. The lowest BCUT2D eigenvalue weighted by molar-refractivity contribution is -0.384. The second-order valence-corrected chi connectivity index (χ2v) is 5.83. The van der Waals surface area contributed by atoms with Gasteiger partial charge in [-0.05, 0) is 13.8 Å². The van der Waals surface area contributed by atoms with Crippen molar-refractivity contribution in [2.45, 2.75) is 25.9 Å². The van der Waals surface area contributed by atoms with E-state index >= 15 is 0 Å². The van der Waals surface area contributed by atoms with Gasteiger partial charge in [0.2, 0.25) is 11.7 Å². The van der Waals surface area contributed by atoms with Crippen LogP contribution < -0.4 is 15.0 Å². The molecule has 0 unspecified atom stereocenters. The molecular formula is C13H18N4O3. The Morgan fingerprint density at radius 3 is 2.80 bits per heavy atom. The van der Waals surface area contributed by atoms with Crippen LogP contribution in [-0.2, 0) is 6.42 Å². The molecular weight excluding hydrogens is 260 g/mol. The Morgan fingerprint density at radius 2 is 2.15 bits per heavy atom. The molecule has 1 fully saturated rings. The summed E-state index contributed by atoms with van der Waals surface area (Å²) in [5.74, 6) is 0.960. The zero-order chi connectivity index (χ0) is 14.3. The Hall–Kier alpha value is -1.89. The molecule has 0 aliphatic carbocycles. The number of nitrogens with one attached hydrogen (secondary N) is 1. The minimum Gasteiger partial charge on any atom is -0.471 e. The third-order valence-corrected chi connectivity index (χ3v) is 3.62. The third-order valence-electron chi connectivity index (χ3n) is 3.62. The van der Waals surface area contributed by atoms with Gasteiger partial charge in [-0.3, -0.25) is 10.1 Å². The van der Waals surface area contributed by atoms with Crippen molar-refractivity contribution in [3.63, 3.8) is 0 Å². The molecule has 0 radical (unpaired) electrons. The summed E-state index contributed by atoms with van der Waals surface area (Å²) in [6.45, 7) is 6.98. The van der Waals surface area contributed by atoms with Gasteiger partial charge in [-0.1, -0.05) is 0 Å². The second-order valence-electron chi connectivity index (χ2n) is 5.83. The van der Waals surface area contributed by atoms with Crippen LogP contribution in [0.1, 0.15) is 19.4 Å². The van der Waals surface area contributed by atoms with E-state index in [1.165, 1.54) is 0 Å². The number of nitro groups is 1. The van der Waals surface area contributed by atoms with E-state index in [2.05, 4.69) is 10.3 Å². The quantitative estimate of drug-likeness (QED) is 0.645. The van der Waals surface area contributed by atoms with Crippen molar-refractivity contribution in [3.8, 4) is 5.88 Å². The molecule has 0 spiro atoms. The Kier molecular flexibility index (Phi) is 3.01. The number of pyridine rings is 1. The Bertz CT molecular complexity index is 553. The molecule has 0 aromatic carbocycles. The molecule has 2 aliphatic heterocycles. The van der Waals surface area contributed by atoms with E-state index < -0.39 is 0 Å². The van der Waals surface area contributed by atoms with Gasteiger partial charge < -0.3 is 15.0 Å². The van der Waals surface area contributed by atoms with Crippen molar-refractivity contribution >= 4 is 11.5 Å². The number of hydrogen-bond acceptors (Lipinski definition) is 6. The molecule has 1 aromatic heterocycles. The lowest BCUT2D eigenvalue weighted by atomic mass is 10.0. The number of anilines is 1. The van der Waals surface area contributed by atoms with Crippen LogP contribution in [0.3, 0.4) is 0 Å². The smallest absolute Gasteiger partial charge is 0.312 e. The van der Waals surface area contributed by atoms with Gasteiger partial charge in [0.05, 0.1) is 4.92 Å². The third kappa shape index (κ3) is 2.29. The van der Waals surface area contributed by atoms with Gasteiger partial charge in [-0.2, -0.15) is 4.98 Å². The van der Waals surface area contributed by atoms with E-state index in [0.29, 0.717) is 18.1 Å². The predicted octanol–water partition coefficient (Wildman–Crippen LogP) is 1.11. The standard InChI is InChI=1S/C13H18N4O3/c1-13(2)8-9-7-10(17(18)19)11(15-12(9)20-13)16-5-3-14-4-6-16/h7,14H,3-6,8H2,1-2H3. The summed E-state index contributed by atoms with van der Waals surface area (Å²) in [5.41, 5.74) is 0.554. The van der Waals surface area contributed by atoms with E-state index in [1.54, 1.807) is 6.07 Å². The van der Waals surface area contributed by atoms with Crippen LogP contribution >= 0.6 is 0 Å². The highest BCUT2D eigenvalue weighted by atomic mass is 16.6. The first-order valence-electron chi connectivity index (χ1n) is 6.79. The monoisotopic (exact) mass is 278 g/mol. The average Bonchev–Trinajstić information content (AvgIpc) is 2.71. The summed E-state index contributed by atoms with van der Waals surface area (Å²) >= 11 is 0. The van der Waals surface area contributed by atoms with Gasteiger partial charge in [0, 0.05) is 44.2 Å². The van der Waals surface area contributed by atoms with Crippen LogP contribution in [0.25, 0.3) is 0 Å². The van der Waals surface area contributed by atoms with Gasteiger partial charge in [0.15, 0.2) is 0 Å². The van der Waals surface area contributed by atoms with E-state index in [4.69, 9.17) is 4.74 Å². The first-order chi connectivity index (χ1) is 9.46. The van der Waals surface area contributed by atoms with Gasteiger partial charge in [0.25, 0.3) is 0 Å². The van der Waals surface area contributed by atoms with Gasteiger partial charge >= 0.3 is 5.69 Å². The zero-order valence-electron chi connectivity index (χ0n) is 11.7. The average molecular weight is 278 g/mol. The van der Waals surface area contributed by atoms with E-state index in [0.717, 1.165) is 31.7 Å². The molecule has 108 valence electrons. The normalized spacial score (nSPS) is 20.4. The van der Waals surface area contributed by atoms with Crippen molar-refractivity contribution in [2.75, 3.05) is 31.1 Å². The highest BCUT2D eigenvalue weighted by Crippen LogP contribution is 2.39. The highest BCUT2D eigenvalue weighted by Gasteiger charge is 2.35. The summed E-state index contributed by atoms with van der Waals surface area (Å²) in [7, 11) is 0. The van der Waals surface area contributed by atoms with Crippen molar-refractivity contribution in [1.82, 2.24) is 10.3 Å². The number of rotatable bonds is 2. The Balaban J connectivity index is 2.02. The number of nitrogens with zero attached hydrogens (tertiary/aromatic N) is 3. The van der Waals surface area contributed by atoms with Crippen LogP contribution in [0, 0.1) is 10.1 Å². The summed E-state index contributed by atoms with van der Waals surface area (Å²) in [6, 6.07) is 1.62. The van der Waals surface area contributed by atoms with Crippen LogP contribution in [0.4, 0.5) is 11.5 Å². The first kappa shape index (κ1) is 13.1. The van der Waals surface area contributed by atoms with Gasteiger partial charge in [0.1, 0.15) is 5.60 Å². The molecule has 20 heavy (non-hydrogen) atoms. The molecule has 0 amide bonds. The number of fused-ring (bicyclic) bond motifs is 1. The van der Waals surface area contributed by atoms with E-state index in [1.807, 2.05) is 18.7 Å². The minimum atomic E-state index is -0.351. The highest BCUT2D eigenvalue weighted by molar-refractivity contribution is 5.62. The molecule has 7 nitrogen and oxygen atoms in total. The second kappa shape index (κ2) is 4.59. The lowest BCUT2D eigenvalue weighted by Crippen LogP contribution is -2.44. The Morgan fingerprint density at radius 1 is 1.45 bits per heavy atom. The molecule has 3 rings (SSSR count). The first-order valence-corrected chi connectivity index (χ1v) is 6.79. The molecule has 0 saturated carbocycles. The maximum atomic E-state index is 11.3. The minimum absolute atomic E-state index is 0.0759. The zero-order valence-corrected chi connectivity index (χ0v) is 11.7. The SMILES string of the molecule is CC1(C)Cc2cc([N+](=O)[O-])c(N3CCNCC3)nc2O1. The van der Waals surface area contributed by atoms with Crippen LogP contribution in [-0.4, -0.2) is 41.7 Å². The molecule has 1 N–H and O–H groups in total. The summed E-state index contributed by atoms with van der Waals surface area (Å²) in [5, 5.41) is 14.5. The molecule has 1 saturated heterocycles. The van der Waals surface area contributed by atoms with Crippen molar-refractivity contribution < 1.29 is 9.66 Å². The van der Waals surface area contributed by atoms with Crippen molar-refractivity contribution in [1.29, 1.82) is 0 Å². The fourth-order valence-corrected chi connectivity index (χ4v) is 2.73. The summed E-state index contributed by atoms with van der Waals surface area (Å²) in [6.07, 6.45) is 0.651. The topological polar surface area (TPSA) is 80.5 Å². The number of aromatic nitrogens is 1. The Labute approximate surface area is 117 Å². The predicted molar refractivity (Wildman–Crippen MR) is 74.4 cm³/mol. The van der Waals surface area contributed by atoms with E-state index in [9.17, 15) is 10.1 Å². The van der Waals surface area contributed by atoms with E-state index in [-0.39, 0.29) is 16.2 Å². The fourth-order valence-electron chi connectivity index (χ4n) is 2.73. The van der Waals surface area contributed by atoms with Crippen LogP contribution in [0.2, 0.25) is 0 Å². The molecule has 0 atom stereocenters. The van der Waals surface area contributed by atoms with Crippen LogP contribution in [0.5, 0.6) is 5.88 Å². The molecule has 7 heteroatoms. The molecule has 3 heterocycles. The molecule has 2 aliphatic rings. The molecule has 0 bridgehead atoms. The van der Waals surface area contributed by atoms with Gasteiger partial charge in [-0.15, -0.1) is 0 Å². The van der Waals surface area contributed by atoms with Gasteiger partial charge in [-0.25, -0.2) is 0 Å². The number of ether oxygens (including phenoxy) is 1. The maximum Gasteiger partial charge on any atom is 0.312 e. The van der Waals surface area contributed by atoms with Crippen molar-refractivity contribution in [3.05, 3.63) is 21.7 Å².